The maximum Gasteiger partial charge on any atom is 0.251 e. The SMILES string of the molecule is COc1ccc(C(=O)NC2CC2(C)C)cc1Br. The summed E-state index contributed by atoms with van der Waals surface area (Å²) in [6, 6.07) is 5.64. The van der Waals surface area contributed by atoms with Crippen LogP contribution in [0.15, 0.2) is 22.7 Å². The molecule has 17 heavy (non-hydrogen) atoms. The normalized spacial score (nSPS) is 20.8. The molecule has 1 aliphatic rings. The number of ether oxygens (including phenoxy) is 1. The zero-order valence-corrected chi connectivity index (χ0v) is 11.8. The molecule has 0 spiro atoms. The van der Waals surface area contributed by atoms with E-state index in [9.17, 15) is 4.79 Å². The molecule has 0 aromatic heterocycles. The van der Waals surface area contributed by atoms with E-state index in [0.717, 1.165) is 16.6 Å². The lowest BCUT2D eigenvalue weighted by Gasteiger charge is -2.08. The van der Waals surface area contributed by atoms with E-state index in [0.29, 0.717) is 11.6 Å². The Morgan fingerprint density at radius 1 is 1.53 bits per heavy atom. The highest BCUT2D eigenvalue weighted by molar-refractivity contribution is 9.10. The Morgan fingerprint density at radius 3 is 2.65 bits per heavy atom. The Bertz CT molecular complexity index is 457. The van der Waals surface area contributed by atoms with Crippen LogP contribution in [0.25, 0.3) is 0 Å². The van der Waals surface area contributed by atoms with Crippen molar-refractivity contribution in [3.05, 3.63) is 28.2 Å². The highest BCUT2D eigenvalue weighted by atomic mass is 79.9. The van der Waals surface area contributed by atoms with Gasteiger partial charge < -0.3 is 10.1 Å². The topological polar surface area (TPSA) is 38.3 Å². The monoisotopic (exact) mass is 297 g/mol. The van der Waals surface area contributed by atoms with Gasteiger partial charge in [0.05, 0.1) is 11.6 Å². The van der Waals surface area contributed by atoms with Crippen LogP contribution in [-0.2, 0) is 0 Å². The van der Waals surface area contributed by atoms with Crippen molar-refractivity contribution in [2.75, 3.05) is 7.11 Å². The third kappa shape index (κ3) is 2.63. The maximum atomic E-state index is 12.0. The fourth-order valence-electron chi connectivity index (χ4n) is 1.76. The number of methoxy groups -OCH3 is 1. The second-order valence-electron chi connectivity index (χ2n) is 5.07. The molecule has 1 saturated carbocycles. The van der Waals surface area contributed by atoms with Gasteiger partial charge in [-0.25, -0.2) is 0 Å². The Labute approximate surface area is 110 Å². The van der Waals surface area contributed by atoms with Crippen molar-refractivity contribution in [1.29, 1.82) is 0 Å². The molecule has 1 aromatic rings. The molecule has 3 nitrogen and oxygen atoms in total. The summed E-state index contributed by atoms with van der Waals surface area (Å²) in [5.74, 6) is 0.706. The first kappa shape index (κ1) is 12.4. The molecule has 0 saturated heterocycles. The minimum Gasteiger partial charge on any atom is -0.496 e. The van der Waals surface area contributed by atoms with E-state index in [4.69, 9.17) is 4.74 Å². The minimum atomic E-state index is -0.0241. The lowest BCUT2D eigenvalue weighted by molar-refractivity contribution is 0.0946. The van der Waals surface area contributed by atoms with E-state index in [1.807, 2.05) is 0 Å². The minimum absolute atomic E-state index is 0.0241. The lowest BCUT2D eigenvalue weighted by atomic mass is 10.1. The highest BCUT2D eigenvalue weighted by Gasteiger charge is 2.46. The smallest absolute Gasteiger partial charge is 0.251 e. The van der Waals surface area contributed by atoms with E-state index in [2.05, 4.69) is 35.1 Å². The maximum absolute atomic E-state index is 12.0. The number of rotatable bonds is 3. The van der Waals surface area contributed by atoms with Gasteiger partial charge in [0.1, 0.15) is 5.75 Å². The molecule has 1 aromatic carbocycles. The standard InChI is InChI=1S/C13H16BrNO2/c1-13(2)7-11(13)15-12(16)8-4-5-10(17-3)9(14)6-8/h4-6,11H,7H2,1-3H3,(H,15,16). The van der Waals surface area contributed by atoms with Gasteiger partial charge in [0.25, 0.3) is 5.91 Å². The molecule has 1 amide bonds. The van der Waals surface area contributed by atoms with Gasteiger partial charge in [0.15, 0.2) is 0 Å². The fourth-order valence-corrected chi connectivity index (χ4v) is 2.30. The van der Waals surface area contributed by atoms with Crippen molar-refractivity contribution >= 4 is 21.8 Å². The van der Waals surface area contributed by atoms with Gasteiger partial charge in [-0.2, -0.15) is 0 Å². The van der Waals surface area contributed by atoms with Crippen LogP contribution in [0.1, 0.15) is 30.6 Å². The van der Waals surface area contributed by atoms with Gasteiger partial charge in [-0.3, -0.25) is 4.79 Å². The average Bonchev–Trinajstić information content (AvgIpc) is 2.85. The van der Waals surface area contributed by atoms with Gasteiger partial charge in [0.2, 0.25) is 0 Å². The quantitative estimate of drug-likeness (QED) is 0.931. The van der Waals surface area contributed by atoms with Gasteiger partial charge in [-0.15, -0.1) is 0 Å². The molecule has 92 valence electrons. The lowest BCUT2D eigenvalue weighted by Crippen LogP contribution is -2.28. The summed E-state index contributed by atoms with van der Waals surface area (Å²) in [7, 11) is 1.60. The molecule has 1 N–H and O–H groups in total. The molecular formula is C13H16BrNO2. The van der Waals surface area contributed by atoms with Gasteiger partial charge >= 0.3 is 0 Å². The molecule has 2 rings (SSSR count). The van der Waals surface area contributed by atoms with Gasteiger partial charge in [-0.05, 0) is 46.0 Å². The molecule has 4 heteroatoms. The number of carbonyl (C=O) groups is 1. The molecule has 0 bridgehead atoms. The first-order valence-electron chi connectivity index (χ1n) is 5.58. The van der Waals surface area contributed by atoms with E-state index in [-0.39, 0.29) is 11.3 Å². The number of nitrogens with one attached hydrogen (secondary N) is 1. The van der Waals surface area contributed by atoms with Crippen molar-refractivity contribution < 1.29 is 9.53 Å². The Balaban J connectivity index is 2.07. The second-order valence-corrected chi connectivity index (χ2v) is 5.92. The van der Waals surface area contributed by atoms with E-state index in [1.54, 1.807) is 25.3 Å². The zero-order chi connectivity index (χ0) is 12.6. The first-order valence-corrected chi connectivity index (χ1v) is 6.38. The first-order chi connectivity index (χ1) is 7.94. The van der Waals surface area contributed by atoms with Crippen molar-refractivity contribution in [2.24, 2.45) is 5.41 Å². The number of hydrogen-bond acceptors (Lipinski definition) is 2. The molecular weight excluding hydrogens is 282 g/mol. The van der Waals surface area contributed by atoms with Crippen LogP contribution in [0.2, 0.25) is 0 Å². The van der Waals surface area contributed by atoms with Crippen molar-refractivity contribution in [3.8, 4) is 5.75 Å². The molecule has 1 unspecified atom stereocenters. The summed E-state index contributed by atoms with van der Waals surface area (Å²) < 4.78 is 5.92. The summed E-state index contributed by atoms with van der Waals surface area (Å²) in [6.07, 6.45) is 1.05. The largest absolute Gasteiger partial charge is 0.496 e. The van der Waals surface area contributed by atoms with Gasteiger partial charge in [0, 0.05) is 11.6 Å². The predicted molar refractivity (Wildman–Crippen MR) is 70.3 cm³/mol. The number of hydrogen-bond donors (Lipinski definition) is 1. The summed E-state index contributed by atoms with van der Waals surface area (Å²) in [5, 5.41) is 3.02. The summed E-state index contributed by atoms with van der Waals surface area (Å²) in [6.45, 7) is 4.31. The van der Waals surface area contributed by atoms with Crippen LogP contribution in [0.4, 0.5) is 0 Å². The van der Waals surface area contributed by atoms with E-state index >= 15 is 0 Å². The van der Waals surface area contributed by atoms with Crippen LogP contribution in [-0.4, -0.2) is 19.1 Å². The van der Waals surface area contributed by atoms with Crippen molar-refractivity contribution in [3.63, 3.8) is 0 Å². The fraction of sp³-hybridized carbons (Fsp3) is 0.462. The van der Waals surface area contributed by atoms with E-state index < -0.39 is 0 Å². The second kappa shape index (κ2) is 4.33. The van der Waals surface area contributed by atoms with Crippen molar-refractivity contribution in [2.45, 2.75) is 26.3 Å². The summed E-state index contributed by atoms with van der Waals surface area (Å²) in [4.78, 5) is 12.0. The number of benzene rings is 1. The molecule has 0 aliphatic heterocycles. The van der Waals surface area contributed by atoms with E-state index in [1.165, 1.54) is 0 Å². The van der Waals surface area contributed by atoms with Gasteiger partial charge in [-0.1, -0.05) is 13.8 Å². The third-order valence-corrected chi connectivity index (χ3v) is 3.85. The molecule has 1 fully saturated rings. The van der Waals surface area contributed by atoms with Crippen LogP contribution >= 0.6 is 15.9 Å². The molecule has 0 radical (unpaired) electrons. The van der Waals surface area contributed by atoms with Crippen molar-refractivity contribution in [1.82, 2.24) is 5.32 Å². The highest BCUT2D eigenvalue weighted by Crippen LogP contribution is 2.44. The van der Waals surface area contributed by atoms with Crippen LogP contribution < -0.4 is 10.1 Å². The van der Waals surface area contributed by atoms with Crippen LogP contribution in [0.5, 0.6) is 5.75 Å². The summed E-state index contributed by atoms with van der Waals surface area (Å²) >= 11 is 3.37. The molecule has 0 heterocycles. The number of halogens is 1. The predicted octanol–water partition coefficient (Wildman–Crippen LogP) is 2.99. The molecule has 1 aliphatic carbocycles. The Kier molecular flexibility index (Phi) is 3.17. The Morgan fingerprint density at radius 2 is 2.18 bits per heavy atom. The average molecular weight is 298 g/mol. The zero-order valence-electron chi connectivity index (χ0n) is 10.2. The van der Waals surface area contributed by atoms with Crippen LogP contribution in [0.3, 0.4) is 0 Å². The number of carbonyl (C=O) groups excluding carboxylic acids is 1. The third-order valence-electron chi connectivity index (χ3n) is 3.23. The number of amides is 1. The van der Waals surface area contributed by atoms with Crippen LogP contribution in [0, 0.1) is 5.41 Å². The summed E-state index contributed by atoms with van der Waals surface area (Å²) in [5.41, 5.74) is 0.902. The molecule has 1 atom stereocenters. The Hall–Kier alpha value is -1.03.